The minimum absolute atomic E-state index is 0.0213. The van der Waals surface area contributed by atoms with Crippen molar-refractivity contribution in [3.05, 3.63) is 0 Å². The van der Waals surface area contributed by atoms with Crippen LogP contribution in [0.4, 0.5) is 0 Å². The highest BCUT2D eigenvalue weighted by molar-refractivity contribution is 5.65. The molecule has 0 aromatic rings. The summed E-state index contributed by atoms with van der Waals surface area (Å²) >= 11 is 0. The zero-order chi connectivity index (χ0) is 17.5. The van der Waals surface area contributed by atoms with E-state index in [1.54, 1.807) is 0 Å². The number of piperidine rings is 1. The van der Waals surface area contributed by atoms with Gasteiger partial charge in [-0.1, -0.05) is 20.8 Å². The average Bonchev–Trinajstić information content (AvgIpc) is 2.93. The Morgan fingerprint density at radius 2 is 2.00 bits per heavy atom. The number of carbonyl (C=O) groups excluding carboxylic acids is 1. The lowest BCUT2D eigenvalue weighted by atomic mass is 9.67. The largest absolute Gasteiger partial charge is 0.463 e. The summed E-state index contributed by atoms with van der Waals surface area (Å²) in [4.78, 5) is 11.0. The summed E-state index contributed by atoms with van der Waals surface area (Å²) in [6.45, 7) is 12.3. The summed E-state index contributed by atoms with van der Waals surface area (Å²) in [5, 5.41) is 12.4. The van der Waals surface area contributed by atoms with Crippen molar-refractivity contribution in [1.82, 2.24) is 5.06 Å². The van der Waals surface area contributed by atoms with E-state index in [-0.39, 0.29) is 24.6 Å². The molecule has 2 aliphatic rings. The van der Waals surface area contributed by atoms with Crippen molar-refractivity contribution in [3.8, 4) is 0 Å². The normalized spacial score (nSPS) is 44.7. The molecule has 0 bridgehead atoms. The van der Waals surface area contributed by atoms with Gasteiger partial charge in [-0.25, -0.2) is 0 Å². The Balaban J connectivity index is 2.26. The molecule has 5 atom stereocenters. The van der Waals surface area contributed by atoms with Gasteiger partial charge in [0, 0.05) is 24.8 Å². The predicted molar refractivity (Wildman–Crippen MR) is 85.0 cm³/mol. The van der Waals surface area contributed by atoms with Crippen LogP contribution in [-0.4, -0.2) is 52.4 Å². The van der Waals surface area contributed by atoms with E-state index in [1.165, 1.54) is 12.0 Å². The molecule has 5 unspecified atom stereocenters. The van der Waals surface area contributed by atoms with Crippen LogP contribution in [0.15, 0.2) is 0 Å². The van der Waals surface area contributed by atoms with Crippen LogP contribution in [0.25, 0.3) is 0 Å². The van der Waals surface area contributed by atoms with Gasteiger partial charge in [0.05, 0.1) is 12.1 Å². The van der Waals surface area contributed by atoms with Crippen LogP contribution in [0.1, 0.15) is 60.8 Å². The molecule has 0 saturated carbocycles. The van der Waals surface area contributed by atoms with Crippen molar-refractivity contribution in [1.29, 1.82) is 0 Å². The van der Waals surface area contributed by atoms with Crippen LogP contribution < -0.4 is 0 Å². The Hall–Kier alpha value is -0.690. The molecule has 2 heterocycles. The number of hydrogen-bond donors (Lipinski definition) is 1. The molecule has 1 N–H and O–H groups in total. The van der Waals surface area contributed by atoms with Gasteiger partial charge in [0.15, 0.2) is 5.79 Å². The molecule has 0 aromatic carbocycles. The van der Waals surface area contributed by atoms with Crippen molar-refractivity contribution in [2.75, 3.05) is 13.2 Å². The SMILES string of the molecule is CCC1(C)CC2(OCC(COC(C)=O)O2)C(C)C(C)(CC)N1O. The first-order chi connectivity index (χ1) is 10.6. The number of ether oxygens (including phenoxy) is 3. The van der Waals surface area contributed by atoms with Crippen molar-refractivity contribution in [3.63, 3.8) is 0 Å². The van der Waals surface area contributed by atoms with Crippen LogP contribution >= 0.6 is 0 Å². The smallest absolute Gasteiger partial charge is 0.302 e. The minimum atomic E-state index is -0.750. The number of hydrogen-bond acceptors (Lipinski definition) is 6. The van der Waals surface area contributed by atoms with Crippen LogP contribution in [0.2, 0.25) is 0 Å². The quantitative estimate of drug-likeness (QED) is 0.800. The number of carbonyl (C=O) groups is 1. The monoisotopic (exact) mass is 329 g/mol. The van der Waals surface area contributed by atoms with Crippen LogP contribution in [0.3, 0.4) is 0 Å². The van der Waals surface area contributed by atoms with E-state index in [2.05, 4.69) is 27.7 Å². The maximum Gasteiger partial charge on any atom is 0.302 e. The summed E-state index contributed by atoms with van der Waals surface area (Å²) in [5.74, 6) is -1.09. The molecule has 134 valence electrons. The zero-order valence-electron chi connectivity index (χ0n) is 15.2. The second-order valence-corrected chi connectivity index (χ2v) is 7.44. The highest BCUT2D eigenvalue weighted by atomic mass is 16.8. The van der Waals surface area contributed by atoms with Gasteiger partial charge in [0.1, 0.15) is 12.7 Å². The molecular weight excluding hydrogens is 298 g/mol. The van der Waals surface area contributed by atoms with E-state index in [1.807, 2.05) is 6.92 Å². The van der Waals surface area contributed by atoms with Gasteiger partial charge < -0.3 is 19.4 Å². The predicted octanol–water partition coefficient (Wildman–Crippen LogP) is 2.73. The van der Waals surface area contributed by atoms with E-state index in [4.69, 9.17) is 14.2 Å². The summed E-state index contributed by atoms with van der Waals surface area (Å²) in [5.41, 5.74) is -0.868. The molecule has 23 heavy (non-hydrogen) atoms. The molecule has 6 nitrogen and oxygen atoms in total. The fourth-order valence-corrected chi connectivity index (χ4v) is 3.96. The third-order valence-electron chi connectivity index (χ3n) is 6.04. The average molecular weight is 329 g/mol. The Bertz CT molecular complexity index is 458. The molecule has 2 aliphatic heterocycles. The van der Waals surface area contributed by atoms with E-state index in [0.29, 0.717) is 13.0 Å². The minimum Gasteiger partial charge on any atom is -0.463 e. The first kappa shape index (κ1) is 18.6. The lowest BCUT2D eigenvalue weighted by Gasteiger charge is -2.60. The molecule has 2 saturated heterocycles. The summed E-state index contributed by atoms with van der Waals surface area (Å²) in [7, 11) is 0. The van der Waals surface area contributed by atoms with Crippen molar-refractivity contribution >= 4 is 5.97 Å². The third-order valence-corrected chi connectivity index (χ3v) is 6.04. The Morgan fingerprint density at radius 1 is 1.35 bits per heavy atom. The third kappa shape index (κ3) is 3.02. The first-order valence-electron chi connectivity index (χ1n) is 8.58. The van der Waals surface area contributed by atoms with Crippen molar-refractivity contribution in [2.45, 2.75) is 83.8 Å². The Kier molecular flexibility index (Phi) is 5.12. The highest BCUT2D eigenvalue weighted by Gasteiger charge is 2.63. The van der Waals surface area contributed by atoms with Crippen LogP contribution in [0, 0.1) is 5.92 Å². The lowest BCUT2D eigenvalue weighted by molar-refractivity contribution is -0.352. The Morgan fingerprint density at radius 3 is 2.52 bits per heavy atom. The molecular formula is C17H31NO5. The van der Waals surface area contributed by atoms with E-state index < -0.39 is 16.9 Å². The number of hydroxylamine groups is 2. The van der Waals surface area contributed by atoms with Gasteiger partial charge in [-0.15, -0.1) is 0 Å². The van der Waals surface area contributed by atoms with E-state index >= 15 is 0 Å². The highest BCUT2D eigenvalue weighted by Crippen LogP contribution is 2.53. The topological polar surface area (TPSA) is 68.2 Å². The molecule has 2 rings (SSSR count). The molecule has 0 radical (unpaired) electrons. The standard InChI is InChI=1S/C17H31NO5/c1-7-15(5)11-17(12(3)16(6,8-2)18(15)20)22-10-14(23-17)9-21-13(4)19/h12,14,20H,7-11H2,1-6H3. The summed E-state index contributed by atoms with van der Waals surface area (Å²) in [6.07, 6.45) is 1.90. The van der Waals surface area contributed by atoms with Gasteiger partial charge >= 0.3 is 5.97 Å². The van der Waals surface area contributed by atoms with Gasteiger partial charge in [-0.2, -0.15) is 5.06 Å². The molecule has 2 fully saturated rings. The summed E-state index contributed by atoms with van der Waals surface area (Å²) < 4.78 is 17.5. The number of rotatable bonds is 4. The maximum absolute atomic E-state index is 11.0. The van der Waals surface area contributed by atoms with Gasteiger partial charge in [0.2, 0.25) is 0 Å². The van der Waals surface area contributed by atoms with Crippen molar-refractivity contribution in [2.24, 2.45) is 5.92 Å². The van der Waals surface area contributed by atoms with Crippen molar-refractivity contribution < 1.29 is 24.2 Å². The van der Waals surface area contributed by atoms with Gasteiger partial charge in [-0.05, 0) is 26.7 Å². The molecule has 0 amide bonds. The van der Waals surface area contributed by atoms with Crippen LogP contribution in [-0.2, 0) is 19.0 Å². The second-order valence-electron chi connectivity index (χ2n) is 7.44. The fourth-order valence-electron chi connectivity index (χ4n) is 3.96. The lowest BCUT2D eigenvalue weighted by Crippen LogP contribution is -2.71. The first-order valence-corrected chi connectivity index (χ1v) is 8.58. The molecule has 1 spiro atoms. The Labute approximate surface area is 139 Å². The zero-order valence-corrected chi connectivity index (χ0v) is 15.2. The van der Waals surface area contributed by atoms with Gasteiger partial charge in [0.25, 0.3) is 0 Å². The molecule has 0 aromatic heterocycles. The van der Waals surface area contributed by atoms with E-state index in [9.17, 15) is 10.0 Å². The van der Waals surface area contributed by atoms with Gasteiger partial charge in [-0.3, -0.25) is 4.79 Å². The fraction of sp³-hybridized carbons (Fsp3) is 0.941. The maximum atomic E-state index is 11.0. The second kappa shape index (κ2) is 6.31. The summed E-state index contributed by atoms with van der Waals surface area (Å²) in [6, 6.07) is 0. The molecule has 0 aliphatic carbocycles. The number of esters is 1. The van der Waals surface area contributed by atoms with E-state index in [0.717, 1.165) is 12.8 Å². The molecule has 6 heteroatoms. The van der Waals surface area contributed by atoms with Crippen LogP contribution in [0.5, 0.6) is 0 Å². The number of nitrogens with zero attached hydrogens (tertiary/aromatic N) is 1.